The van der Waals surface area contributed by atoms with Gasteiger partial charge in [-0.25, -0.2) is 9.97 Å². The van der Waals surface area contributed by atoms with Crippen LogP contribution in [0.5, 0.6) is 0 Å². The number of aliphatic hydroxyl groups is 1. The van der Waals surface area contributed by atoms with E-state index in [1.165, 1.54) is 0 Å². The highest BCUT2D eigenvalue weighted by atomic mass is 16.3. The summed E-state index contributed by atoms with van der Waals surface area (Å²) in [7, 11) is 1.79. The van der Waals surface area contributed by atoms with E-state index in [1.54, 1.807) is 19.4 Å². The highest BCUT2D eigenvalue weighted by Crippen LogP contribution is 2.07. The van der Waals surface area contributed by atoms with Crippen LogP contribution in [0.15, 0.2) is 12.4 Å². The average Bonchev–Trinajstić information content (AvgIpc) is 2.06. The molecule has 0 saturated carbocycles. The number of nitrogens with zero attached hydrogens (tertiary/aromatic N) is 2. The van der Waals surface area contributed by atoms with Crippen LogP contribution >= 0.6 is 0 Å². The van der Waals surface area contributed by atoms with E-state index in [4.69, 9.17) is 0 Å². The van der Waals surface area contributed by atoms with Crippen molar-refractivity contribution >= 4 is 0 Å². The number of nitrogens with one attached hydrogen (secondary N) is 1. The van der Waals surface area contributed by atoms with Gasteiger partial charge in [-0.2, -0.15) is 0 Å². The third kappa shape index (κ3) is 2.25. The fourth-order valence-electron chi connectivity index (χ4n) is 0.886. The molecule has 1 rings (SSSR count). The molecule has 2 N–H and O–H groups in total. The number of aryl methyl sites for hydroxylation is 1. The number of rotatable bonds is 3. The minimum atomic E-state index is -0.518. The first-order valence-electron chi connectivity index (χ1n) is 3.85. The van der Waals surface area contributed by atoms with Crippen LogP contribution in [0, 0.1) is 6.92 Å². The Bertz CT molecular complexity index is 235. The SMILES string of the molecule is CNCC(O)c1cnc(C)nc1. The molecule has 4 nitrogen and oxygen atoms in total. The summed E-state index contributed by atoms with van der Waals surface area (Å²) in [4.78, 5) is 7.97. The van der Waals surface area contributed by atoms with Crippen molar-refractivity contribution in [2.45, 2.75) is 13.0 Å². The van der Waals surface area contributed by atoms with Crippen LogP contribution in [-0.2, 0) is 0 Å². The highest BCUT2D eigenvalue weighted by Gasteiger charge is 2.05. The number of aliphatic hydroxyl groups excluding tert-OH is 1. The molecule has 0 spiro atoms. The highest BCUT2D eigenvalue weighted by molar-refractivity contribution is 5.08. The summed E-state index contributed by atoms with van der Waals surface area (Å²) < 4.78 is 0. The van der Waals surface area contributed by atoms with Gasteiger partial charge in [0, 0.05) is 24.5 Å². The van der Waals surface area contributed by atoms with Gasteiger partial charge in [-0.3, -0.25) is 0 Å². The van der Waals surface area contributed by atoms with Crippen molar-refractivity contribution in [1.29, 1.82) is 0 Å². The van der Waals surface area contributed by atoms with Crippen LogP contribution in [0.1, 0.15) is 17.5 Å². The minimum absolute atomic E-state index is 0.518. The second kappa shape index (κ2) is 4.13. The maximum absolute atomic E-state index is 9.47. The van der Waals surface area contributed by atoms with E-state index in [-0.39, 0.29) is 0 Å². The molecule has 66 valence electrons. The lowest BCUT2D eigenvalue weighted by molar-refractivity contribution is 0.177. The van der Waals surface area contributed by atoms with Crippen molar-refractivity contribution in [2.24, 2.45) is 0 Å². The van der Waals surface area contributed by atoms with Crippen molar-refractivity contribution < 1.29 is 5.11 Å². The first-order chi connectivity index (χ1) is 5.74. The van der Waals surface area contributed by atoms with E-state index in [1.807, 2.05) is 6.92 Å². The molecule has 0 bridgehead atoms. The van der Waals surface area contributed by atoms with Gasteiger partial charge < -0.3 is 10.4 Å². The molecule has 1 aromatic heterocycles. The lowest BCUT2D eigenvalue weighted by Gasteiger charge is -2.08. The van der Waals surface area contributed by atoms with Crippen molar-refractivity contribution in [3.63, 3.8) is 0 Å². The Hall–Kier alpha value is -1.00. The largest absolute Gasteiger partial charge is 0.387 e. The summed E-state index contributed by atoms with van der Waals surface area (Å²) in [6.45, 7) is 2.33. The quantitative estimate of drug-likeness (QED) is 0.667. The Morgan fingerprint density at radius 2 is 2.08 bits per heavy atom. The van der Waals surface area contributed by atoms with Crippen molar-refractivity contribution in [3.05, 3.63) is 23.8 Å². The second-order valence-corrected chi connectivity index (χ2v) is 2.64. The molecule has 1 heterocycles. The fraction of sp³-hybridized carbons (Fsp3) is 0.500. The molecular weight excluding hydrogens is 154 g/mol. The Balaban J connectivity index is 2.68. The van der Waals surface area contributed by atoms with Crippen molar-refractivity contribution in [3.8, 4) is 0 Å². The third-order valence-corrected chi connectivity index (χ3v) is 1.58. The van der Waals surface area contributed by atoms with Gasteiger partial charge in [-0.05, 0) is 14.0 Å². The van der Waals surface area contributed by atoms with E-state index in [9.17, 15) is 5.11 Å². The number of hydrogen-bond donors (Lipinski definition) is 2. The predicted octanol–water partition coefficient (Wildman–Crippen LogP) is 0.0378. The van der Waals surface area contributed by atoms with Gasteiger partial charge in [-0.1, -0.05) is 0 Å². The molecule has 12 heavy (non-hydrogen) atoms. The van der Waals surface area contributed by atoms with Gasteiger partial charge in [0.25, 0.3) is 0 Å². The first-order valence-corrected chi connectivity index (χ1v) is 3.85. The fourth-order valence-corrected chi connectivity index (χ4v) is 0.886. The molecule has 1 aromatic rings. The Morgan fingerprint density at radius 1 is 1.50 bits per heavy atom. The maximum Gasteiger partial charge on any atom is 0.125 e. The summed E-state index contributed by atoms with van der Waals surface area (Å²) in [5.74, 6) is 0.718. The van der Waals surface area contributed by atoms with Gasteiger partial charge in [0.05, 0.1) is 6.10 Å². The van der Waals surface area contributed by atoms with Gasteiger partial charge in [-0.15, -0.1) is 0 Å². The zero-order valence-corrected chi connectivity index (χ0v) is 7.28. The van der Waals surface area contributed by atoms with E-state index < -0.39 is 6.10 Å². The Morgan fingerprint density at radius 3 is 2.58 bits per heavy atom. The molecule has 0 aliphatic heterocycles. The molecule has 0 fully saturated rings. The Kier molecular flexibility index (Phi) is 3.13. The number of aromatic nitrogens is 2. The van der Waals surface area contributed by atoms with Crippen LogP contribution < -0.4 is 5.32 Å². The van der Waals surface area contributed by atoms with Gasteiger partial charge >= 0.3 is 0 Å². The number of likely N-dealkylation sites (N-methyl/N-ethyl adjacent to an activating group) is 1. The Labute approximate surface area is 71.7 Å². The predicted molar refractivity (Wildman–Crippen MR) is 45.7 cm³/mol. The monoisotopic (exact) mass is 167 g/mol. The van der Waals surface area contributed by atoms with Crippen LogP contribution in [-0.4, -0.2) is 28.7 Å². The van der Waals surface area contributed by atoms with Crippen LogP contribution in [0.3, 0.4) is 0 Å². The van der Waals surface area contributed by atoms with Gasteiger partial charge in [0.1, 0.15) is 5.82 Å². The standard InChI is InChI=1S/C8H13N3O/c1-6-10-3-7(4-11-6)8(12)5-9-2/h3-4,8-9,12H,5H2,1-2H3. The van der Waals surface area contributed by atoms with E-state index in [2.05, 4.69) is 15.3 Å². The summed E-state index contributed by atoms with van der Waals surface area (Å²) >= 11 is 0. The van der Waals surface area contributed by atoms with Crippen LogP contribution in [0.25, 0.3) is 0 Å². The van der Waals surface area contributed by atoms with E-state index in [0.29, 0.717) is 6.54 Å². The van der Waals surface area contributed by atoms with Gasteiger partial charge in [0.2, 0.25) is 0 Å². The molecule has 0 aliphatic carbocycles. The summed E-state index contributed by atoms with van der Waals surface area (Å²) in [5, 5.41) is 12.3. The molecule has 4 heteroatoms. The molecule has 0 aromatic carbocycles. The summed E-state index contributed by atoms with van der Waals surface area (Å²) in [6, 6.07) is 0. The zero-order chi connectivity index (χ0) is 8.97. The topological polar surface area (TPSA) is 58.0 Å². The minimum Gasteiger partial charge on any atom is -0.387 e. The van der Waals surface area contributed by atoms with Crippen molar-refractivity contribution in [2.75, 3.05) is 13.6 Å². The summed E-state index contributed by atoms with van der Waals surface area (Å²) in [6.07, 6.45) is 2.77. The zero-order valence-electron chi connectivity index (χ0n) is 7.28. The second-order valence-electron chi connectivity index (χ2n) is 2.64. The molecule has 0 radical (unpaired) electrons. The van der Waals surface area contributed by atoms with E-state index >= 15 is 0 Å². The molecule has 0 aliphatic rings. The lowest BCUT2D eigenvalue weighted by Crippen LogP contribution is -2.17. The normalized spacial score (nSPS) is 12.9. The van der Waals surface area contributed by atoms with Crippen LogP contribution in [0.2, 0.25) is 0 Å². The van der Waals surface area contributed by atoms with Crippen LogP contribution in [0.4, 0.5) is 0 Å². The average molecular weight is 167 g/mol. The molecular formula is C8H13N3O. The maximum atomic E-state index is 9.47. The summed E-state index contributed by atoms with van der Waals surface area (Å²) in [5.41, 5.74) is 0.745. The first kappa shape index (κ1) is 9.09. The van der Waals surface area contributed by atoms with Gasteiger partial charge in [0.15, 0.2) is 0 Å². The van der Waals surface area contributed by atoms with E-state index in [0.717, 1.165) is 11.4 Å². The number of hydrogen-bond acceptors (Lipinski definition) is 4. The molecule has 1 unspecified atom stereocenters. The van der Waals surface area contributed by atoms with Crippen molar-refractivity contribution in [1.82, 2.24) is 15.3 Å². The smallest absolute Gasteiger partial charge is 0.125 e. The molecule has 0 amide bonds. The lowest BCUT2D eigenvalue weighted by atomic mass is 10.2. The third-order valence-electron chi connectivity index (χ3n) is 1.58. The molecule has 0 saturated heterocycles. The molecule has 1 atom stereocenters.